The summed E-state index contributed by atoms with van der Waals surface area (Å²) >= 11 is 0. The molecule has 3 rings (SSSR count). The second kappa shape index (κ2) is 7.36. The Labute approximate surface area is 155 Å². The summed E-state index contributed by atoms with van der Waals surface area (Å²) in [5, 5.41) is 1.63. The number of ether oxygens (including phenoxy) is 1. The van der Waals surface area contributed by atoms with E-state index < -0.39 is 17.2 Å². The zero-order valence-electron chi connectivity index (χ0n) is 15.3. The standard InChI is InChI=1S/C19H20N4O4/c1-4-27-14-10-9-12-7-5-6-8-13(12)17(14)18(25)21-20-15-11-16(24)23(3)19(26)22(15)2/h5-11,20H,4H2,1-3H3,(H,21,25). The lowest BCUT2D eigenvalue weighted by Crippen LogP contribution is -2.40. The van der Waals surface area contributed by atoms with Gasteiger partial charge in [-0.2, -0.15) is 0 Å². The maximum Gasteiger partial charge on any atom is 0.332 e. The second-order valence-corrected chi connectivity index (χ2v) is 5.94. The normalized spacial score (nSPS) is 10.6. The van der Waals surface area contributed by atoms with Crippen LogP contribution >= 0.6 is 0 Å². The zero-order valence-corrected chi connectivity index (χ0v) is 15.3. The monoisotopic (exact) mass is 368 g/mol. The Bertz CT molecular complexity index is 1130. The highest BCUT2D eigenvalue weighted by molar-refractivity contribution is 6.09. The van der Waals surface area contributed by atoms with Crippen molar-refractivity contribution in [3.05, 3.63) is 68.9 Å². The highest BCUT2D eigenvalue weighted by Crippen LogP contribution is 2.28. The van der Waals surface area contributed by atoms with Crippen LogP contribution in [-0.4, -0.2) is 21.6 Å². The number of nitrogens with one attached hydrogen (secondary N) is 2. The molecule has 0 radical (unpaired) electrons. The van der Waals surface area contributed by atoms with E-state index in [2.05, 4.69) is 10.9 Å². The zero-order chi connectivity index (χ0) is 19.6. The van der Waals surface area contributed by atoms with Crippen LogP contribution in [0.1, 0.15) is 17.3 Å². The van der Waals surface area contributed by atoms with E-state index in [9.17, 15) is 14.4 Å². The lowest BCUT2D eigenvalue weighted by molar-refractivity contribution is 0.0960. The van der Waals surface area contributed by atoms with Gasteiger partial charge in [-0.15, -0.1) is 0 Å². The van der Waals surface area contributed by atoms with Crippen LogP contribution in [0.15, 0.2) is 52.1 Å². The summed E-state index contributed by atoms with van der Waals surface area (Å²) in [7, 11) is 2.89. The number of hydrogen-bond donors (Lipinski definition) is 2. The quantitative estimate of drug-likeness (QED) is 0.664. The first-order valence-electron chi connectivity index (χ1n) is 8.42. The summed E-state index contributed by atoms with van der Waals surface area (Å²) in [6.07, 6.45) is 0. The van der Waals surface area contributed by atoms with Gasteiger partial charge in [-0.3, -0.25) is 29.6 Å². The van der Waals surface area contributed by atoms with Gasteiger partial charge in [0.2, 0.25) is 0 Å². The number of rotatable bonds is 5. The molecule has 0 aliphatic rings. The SMILES string of the molecule is CCOc1ccc2ccccc2c1C(=O)NNc1cc(=O)n(C)c(=O)n1C. The third-order valence-electron chi connectivity index (χ3n) is 4.25. The fourth-order valence-electron chi connectivity index (χ4n) is 2.80. The lowest BCUT2D eigenvalue weighted by Gasteiger charge is -2.16. The minimum absolute atomic E-state index is 0.176. The number of hydrogen-bond acceptors (Lipinski definition) is 5. The van der Waals surface area contributed by atoms with Crippen molar-refractivity contribution in [3.8, 4) is 5.75 Å². The Kier molecular flexibility index (Phi) is 4.98. The van der Waals surface area contributed by atoms with Crippen molar-refractivity contribution in [1.29, 1.82) is 0 Å². The molecular weight excluding hydrogens is 348 g/mol. The predicted octanol–water partition coefficient (Wildman–Crippen LogP) is 1.39. The number of benzene rings is 2. The Hall–Kier alpha value is -3.55. The van der Waals surface area contributed by atoms with Crippen molar-refractivity contribution in [2.24, 2.45) is 14.1 Å². The molecule has 8 heteroatoms. The largest absolute Gasteiger partial charge is 0.493 e. The van der Waals surface area contributed by atoms with Crippen LogP contribution < -0.4 is 26.8 Å². The van der Waals surface area contributed by atoms with Crippen molar-refractivity contribution in [3.63, 3.8) is 0 Å². The molecule has 0 aliphatic carbocycles. The van der Waals surface area contributed by atoms with Crippen molar-refractivity contribution >= 4 is 22.5 Å². The number of nitrogens with zero attached hydrogens (tertiary/aromatic N) is 2. The van der Waals surface area contributed by atoms with E-state index in [1.165, 1.54) is 24.7 Å². The maximum absolute atomic E-state index is 12.9. The molecule has 1 aromatic heterocycles. The summed E-state index contributed by atoms with van der Waals surface area (Å²) in [4.78, 5) is 36.7. The number of aromatic nitrogens is 2. The van der Waals surface area contributed by atoms with Crippen molar-refractivity contribution in [2.45, 2.75) is 6.92 Å². The van der Waals surface area contributed by atoms with Gasteiger partial charge in [0, 0.05) is 20.2 Å². The van der Waals surface area contributed by atoms with Crippen LogP contribution in [0.25, 0.3) is 10.8 Å². The molecule has 0 spiro atoms. The number of carbonyl (C=O) groups excluding carboxylic acids is 1. The number of carbonyl (C=O) groups is 1. The van der Waals surface area contributed by atoms with Gasteiger partial charge < -0.3 is 4.74 Å². The van der Waals surface area contributed by atoms with Crippen LogP contribution in [0.5, 0.6) is 5.75 Å². The molecule has 2 aromatic carbocycles. The molecule has 0 aliphatic heterocycles. The summed E-state index contributed by atoms with van der Waals surface area (Å²) < 4.78 is 7.81. The molecule has 0 atom stereocenters. The predicted molar refractivity (Wildman–Crippen MR) is 103 cm³/mol. The molecule has 1 heterocycles. The van der Waals surface area contributed by atoms with Gasteiger partial charge in [0.05, 0.1) is 12.2 Å². The Morgan fingerprint density at radius 2 is 1.81 bits per heavy atom. The molecule has 0 saturated carbocycles. The number of anilines is 1. The molecule has 8 nitrogen and oxygen atoms in total. The Balaban J connectivity index is 1.97. The minimum atomic E-state index is -0.501. The highest BCUT2D eigenvalue weighted by atomic mass is 16.5. The third kappa shape index (κ3) is 3.41. The van der Waals surface area contributed by atoms with Gasteiger partial charge in [0.25, 0.3) is 11.5 Å². The van der Waals surface area contributed by atoms with E-state index in [1.807, 2.05) is 37.3 Å². The Morgan fingerprint density at radius 1 is 1.07 bits per heavy atom. The van der Waals surface area contributed by atoms with Gasteiger partial charge in [-0.25, -0.2) is 4.79 Å². The van der Waals surface area contributed by atoms with E-state index in [4.69, 9.17) is 4.74 Å². The van der Waals surface area contributed by atoms with Crippen LogP contribution in [0.3, 0.4) is 0 Å². The minimum Gasteiger partial charge on any atom is -0.493 e. The molecule has 1 amide bonds. The average molecular weight is 368 g/mol. The second-order valence-electron chi connectivity index (χ2n) is 5.94. The first kappa shape index (κ1) is 18.2. The number of hydrazine groups is 1. The van der Waals surface area contributed by atoms with Crippen molar-refractivity contribution in [2.75, 3.05) is 12.0 Å². The lowest BCUT2D eigenvalue weighted by atomic mass is 10.0. The third-order valence-corrected chi connectivity index (χ3v) is 4.25. The fraction of sp³-hybridized carbons (Fsp3) is 0.211. The summed E-state index contributed by atoms with van der Waals surface area (Å²) in [6, 6.07) is 12.3. The Morgan fingerprint density at radius 3 is 2.56 bits per heavy atom. The van der Waals surface area contributed by atoms with Crippen LogP contribution in [0.2, 0.25) is 0 Å². The van der Waals surface area contributed by atoms with E-state index in [1.54, 1.807) is 6.07 Å². The topological polar surface area (TPSA) is 94.4 Å². The molecule has 27 heavy (non-hydrogen) atoms. The smallest absolute Gasteiger partial charge is 0.332 e. The van der Waals surface area contributed by atoms with Crippen LogP contribution in [0.4, 0.5) is 5.82 Å². The summed E-state index contributed by atoms with van der Waals surface area (Å²) in [5.41, 5.74) is 4.59. The maximum atomic E-state index is 12.9. The van der Waals surface area contributed by atoms with Crippen LogP contribution in [-0.2, 0) is 14.1 Å². The van der Waals surface area contributed by atoms with Gasteiger partial charge >= 0.3 is 5.69 Å². The first-order chi connectivity index (χ1) is 12.9. The van der Waals surface area contributed by atoms with E-state index in [0.717, 1.165) is 15.3 Å². The summed E-state index contributed by atoms with van der Waals surface area (Å²) in [5.74, 6) is 0.186. The first-order valence-corrected chi connectivity index (χ1v) is 8.42. The van der Waals surface area contributed by atoms with Gasteiger partial charge in [0.1, 0.15) is 11.6 Å². The molecule has 0 unspecified atom stereocenters. The molecule has 3 aromatic rings. The number of fused-ring (bicyclic) bond motifs is 1. The van der Waals surface area contributed by atoms with Crippen molar-refractivity contribution in [1.82, 2.24) is 14.6 Å². The molecular formula is C19H20N4O4. The van der Waals surface area contributed by atoms with Crippen molar-refractivity contribution < 1.29 is 9.53 Å². The van der Waals surface area contributed by atoms with E-state index in [-0.39, 0.29) is 5.82 Å². The van der Waals surface area contributed by atoms with Gasteiger partial charge in [-0.1, -0.05) is 30.3 Å². The van der Waals surface area contributed by atoms with E-state index >= 15 is 0 Å². The van der Waals surface area contributed by atoms with E-state index in [0.29, 0.717) is 17.9 Å². The highest BCUT2D eigenvalue weighted by Gasteiger charge is 2.17. The molecule has 0 fully saturated rings. The van der Waals surface area contributed by atoms with Crippen LogP contribution in [0, 0.1) is 0 Å². The fourth-order valence-corrected chi connectivity index (χ4v) is 2.80. The number of amides is 1. The molecule has 0 saturated heterocycles. The molecule has 140 valence electrons. The van der Waals surface area contributed by atoms with Gasteiger partial charge in [0.15, 0.2) is 0 Å². The summed E-state index contributed by atoms with van der Waals surface area (Å²) in [6.45, 7) is 2.25. The average Bonchev–Trinajstić information content (AvgIpc) is 2.68. The van der Waals surface area contributed by atoms with Gasteiger partial charge in [-0.05, 0) is 23.8 Å². The molecule has 2 N–H and O–H groups in total. The molecule has 0 bridgehead atoms.